The molecule has 0 radical (unpaired) electrons. The van der Waals surface area contributed by atoms with Gasteiger partial charge in [-0.05, 0) is 18.1 Å². The summed E-state index contributed by atoms with van der Waals surface area (Å²) in [5, 5.41) is 8.77. The summed E-state index contributed by atoms with van der Waals surface area (Å²) in [5.74, 6) is -1.18. The second kappa shape index (κ2) is 6.89. The zero-order valence-corrected chi connectivity index (χ0v) is 11.2. The number of amides is 1. The van der Waals surface area contributed by atoms with Crippen molar-refractivity contribution in [3.05, 3.63) is 30.3 Å². The smallest absolute Gasteiger partial charge is 0.305 e. The first-order valence-corrected chi connectivity index (χ1v) is 6.27. The standard InChI is InChI=1S/C14H20N2O3/c1-10(2)13(15)14(19)16(9-8-12(17)18)11-6-4-3-5-7-11/h3-7,10,13H,8-9,15H2,1-2H3,(H,17,18). The number of para-hydroxylation sites is 1. The summed E-state index contributed by atoms with van der Waals surface area (Å²) >= 11 is 0. The Labute approximate surface area is 113 Å². The van der Waals surface area contributed by atoms with Gasteiger partial charge in [-0.25, -0.2) is 0 Å². The molecule has 19 heavy (non-hydrogen) atoms. The minimum atomic E-state index is -0.938. The lowest BCUT2D eigenvalue weighted by Gasteiger charge is -2.27. The Balaban J connectivity index is 2.92. The molecule has 0 aliphatic carbocycles. The van der Waals surface area contributed by atoms with E-state index in [9.17, 15) is 9.59 Å². The molecule has 5 heteroatoms. The lowest BCUT2D eigenvalue weighted by atomic mass is 10.0. The van der Waals surface area contributed by atoms with Crippen LogP contribution in [0.1, 0.15) is 20.3 Å². The largest absolute Gasteiger partial charge is 0.481 e. The zero-order valence-electron chi connectivity index (χ0n) is 11.2. The third kappa shape index (κ3) is 4.37. The second-order valence-corrected chi connectivity index (χ2v) is 4.74. The van der Waals surface area contributed by atoms with Crippen LogP contribution in [0.4, 0.5) is 5.69 Å². The van der Waals surface area contributed by atoms with E-state index in [0.717, 1.165) is 0 Å². The molecule has 1 aromatic carbocycles. The predicted molar refractivity (Wildman–Crippen MR) is 73.9 cm³/mol. The van der Waals surface area contributed by atoms with Crippen LogP contribution in [0.5, 0.6) is 0 Å². The van der Waals surface area contributed by atoms with Gasteiger partial charge in [0.25, 0.3) is 0 Å². The van der Waals surface area contributed by atoms with Gasteiger partial charge in [0.1, 0.15) is 0 Å². The normalized spacial score (nSPS) is 12.2. The Morgan fingerprint density at radius 2 is 1.84 bits per heavy atom. The number of rotatable bonds is 6. The Hall–Kier alpha value is -1.88. The molecule has 0 heterocycles. The number of hydrogen-bond donors (Lipinski definition) is 2. The maximum absolute atomic E-state index is 12.3. The number of carbonyl (C=O) groups excluding carboxylic acids is 1. The van der Waals surface area contributed by atoms with Crippen LogP contribution < -0.4 is 10.6 Å². The van der Waals surface area contributed by atoms with Crippen molar-refractivity contribution in [2.75, 3.05) is 11.4 Å². The number of nitrogens with two attached hydrogens (primary N) is 1. The zero-order chi connectivity index (χ0) is 14.4. The number of nitrogens with zero attached hydrogens (tertiary/aromatic N) is 1. The second-order valence-electron chi connectivity index (χ2n) is 4.74. The third-order valence-electron chi connectivity index (χ3n) is 2.89. The number of carboxylic acids is 1. The van der Waals surface area contributed by atoms with Gasteiger partial charge in [0.15, 0.2) is 0 Å². The van der Waals surface area contributed by atoms with E-state index in [-0.39, 0.29) is 24.8 Å². The molecule has 104 valence electrons. The lowest BCUT2D eigenvalue weighted by Crippen LogP contribution is -2.47. The highest BCUT2D eigenvalue weighted by molar-refractivity contribution is 5.97. The molecule has 0 aliphatic rings. The van der Waals surface area contributed by atoms with Crippen LogP contribution in [0, 0.1) is 5.92 Å². The van der Waals surface area contributed by atoms with E-state index in [1.165, 1.54) is 4.90 Å². The number of carbonyl (C=O) groups is 2. The monoisotopic (exact) mass is 264 g/mol. The molecular formula is C14H20N2O3. The average molecular weight is 264 g/mol. The molecule has 0 bridgehead atoms. The van der Waals surface area contributed by atoms with Gasteiger partial charge in [-0.3, -0.25) is 9.59 Å². The van der Waals surface area contributed by atoms with Crippen LogP contribution in [-0.4, -0.2) is 29.6 Å². The quantitative estimate of drug-likeness (QED) is 0.815. The van der Waals surface area contributed by atoms with Gasteiger partial charge >= 0.3 is 5.97 Å². The van der Waals surface area contributed by atoms with Crippen molar-refractivity contribution in [2.24, 2.45) is 11.7 Å². The van der Waals surface area contributed by atoms with E-state index >= 15 is 0 Å². The van der Waals surface area contributed by atoms with Gasteiger partial charge < -0.3 is 15.7 Å². The van der Waals surface area contributed by atoms with Crippen LogP contribution in [0.2, 0.25) is 0 Å². The number of carboxylic acid groups (broad SMARTS) is 1. The molecule has 1 aromatic rings. The summed E-state index contributed by atoms with van der Waals surface area (Å²) in [6, 6.07) is 8.36. The van der Waals surface area contributed by atoms with Crippen LogP contribution in [0.3, 0.4) is 0 Å². The van der Waals surface area contributed by atoms with Crippen molar-refractivity contribution < 1.29 is 14.7 Å². The molecule has 1 rings (SSSR count). The maximum Gasteiger partial charge on any atom is 0.305 e. The molecule has 0 aliphatic heterocycles. The van der Waals surface area contributed by atoms with E-state index in [0.29, 0.717) is 5.69 Å². The maximum atomic E-state index is 12.3. The summed E-state index contributed by atoms with van der Waals surface area (Å²) in [6.45, 7) is 3.85. The molecule has 1 unspecified atom stereocenters. The van der Waals surface area contributed by atoms with Crippen molar-refractivity contribution >= 4 is 17.6 Å². The molecule has 0 saturated heterocycles. The molecule has 0 spiro atoms. The minimum absolute atomic E-state index is 0.00328. The Kier molecular flexibility index (Phi) is 5.51. The van der Waals surface area contributed by atoms with E-state index < -0.39 is 12.0 Å². The number of hydrogen-bond acceptors (Lipinski definition) is 3. The van der Waals surface area contributed by atoms with Gasteiger partial charge in [-0.15, -0.1) is 0 Å². The van der Waals surface area contributed by atoms with Crippen molar-refractivity contribution in [1.29, 1.82) is 0 Å². The van der Waals surface area contributed by atoms with E-state index in [2.05, 4.69) is 0 Å². The minimum Gasteiger partial charge on any atom is -0.481 e. The summed E-state index contributed by atoms with van der Waals surface area (Å²) in [7, 11) is 0. The predicted octanol–water partition coefficient (Wildman–Crippen LogP) is 1.48. The van der Waals surface area contributed by atoms with E-state index in [1.807, 2.05) is 19.9 Å². The number of benzene rings is 1. The SMILES string of the molecule is CC(C)C(N)C(=O)N(CCC(=O)O)c1ccccc1. The molecule has 1 amide bonds. The fourth-order valence-electron chi connectivity index (χ4n) is 1.65. The lowest BCUT2D eigenvalue weighted by molar-refractivity contribution is -0.136. The fraction of sp³-hybridized carbons (Fsp3) is 0.429. The van der Waals surface area contributed by atoms with Crippen molar-refractivity contribution in [1.82, 2.24) is 0 Å². The summed E-state index contributed by atoms with van der Waals surface area (Å²) in [4.78, 5) is 24.4. The van der Waals surface area contributed by atoms with Crippen LogP contribution >= 0.6 is 0 Å². The molecule has 5 nitrogen and oxygen atoms in total. The summed E-state index contributed by atoms with van der Waals surface area (Å²) in [6.07, 6.45) is -0.106. The van der Waals surface area contributed by atoms with E-state index in [4.69, 9.17) is 10.8 Å². The van der Waals surface area contributed by atoms with Gasteiger partial charge in [0, 0.05) is 12.2 Å². The van der Waals surface area contributed by atoms with Crippen LogP contribution in [0.25, 0.3) is 0 Å². The van der Waals surface area contributed by atoms with Gasteiger partial charge in [-0.2, -0.15) is 0 Å². The molecule has 0 aromatic heterocycles. The topological polar surface area (TPSA) is 83.6 Å². The Morgan fingerprint density at radius 3 is 2.32 bits per heavy atom. The highest BCUT2D eigenvalue weighted by Crippen LogP contribution is 2.16. The Morgan fingerprint density at radius 1 is 1.26 bits per heavy atom. The number of anilines is 1. The highest BCUT2D eigenvalue weighted by atomic mass is 16.4. The van der Waals surface area contributed by atoms with Gasteiger partial charge in [0.2, 0.25) is 5.91 Å². The summed E-state index contributed by atoms with van der Waals surface area (Å²) < 4.78 is 0. The van der Waals surface area contributed by atoms with Crippen molar-refractivity contribution in [2.45, 2.75) is 26.3 Å². The van der Waals surface area contributed by atoms with E-state index in [1.54, 1.807) is 24.3 Å². The third-order valence-corrected chi connectivity index (χ3v) is 2.89. The summed E-state index contributed by atoms with van der Waals surface area (Å²) in [5.41, 5.74) is 6.54. The van der Waals surface area contributed by atoms with Crippen molar-refractivity contribution in [3.8, 4) is 0 Å². The molecule has 0 fully saturated rings. The van der Waals surface area contributed by atoms with Gasteiger partial charge in [0.05, 0.1) is 12.5 Å². The molecular weight excluding hydrogens is 244 g/mol. The first-order chi connectivity index (χ1) is 8.93. The van der Waals surface area contributed by atoms with Crippen LogP contribution in [0.15, 0.2) is 30.3 Å². The average Bonchev–Trinajstić information content (AvgIpc) is 2.38. The van der Waals surface area contributed by atoms with Crippen LogP contribution in [-0.2, 0) is 9.59 Å². The molecule has 0 saturated carbocycles. The molecule has 1 atom stereocenters. The fourth-order valence-corrected chi connectivity index (χ4v) is 1.65. The number of aliphatic carboxylic acids is 1. The highest BCUT2D eigenvalue weighted by Gasteiger charge is 2.24. The van der Waals surface area contributed by atoms with Crippen molar-refractivity contribution in [3.63, 3.8) is 0 Å². The Bertz CT molecular complexity index is 432. The molecule has 3 N–H and O–H groups in total. The first kappa shape index (κ1) is 15.2. The van der Waals surface area contributed by atoms with Gasteiger partial charge in [-0.1, -0.05) is 32.0 Å². The first-order valence-electron chi connectivity index (χ1n) is 6.27.